The van der Waals surface area contributed by atoms with Gasteiger partial charge >= 0.3 is 5.69 Å². The van der Waals surface area contributed by atoms with Crippen molar-refractivity contribution in [1.29, 1.82) is 0 Å². The molecule has 0 radical (unpaired) electrons. The van der Waals surface area contributed by atoms with Crippen molar-refractivity contribution < 1.29 is 14.2 Å². The Morgan fingerprint density at radius 3 is 2.42 bits per heavy atom. The first-order valence-electron chi connectivity index (χ1n) is 10.7. The molecular formula is C25H25N3O5. The molecule has 3 heterocycles. The summed E-state index contributed by atoms with van der Waals surface area (Å²) in [6, 6.07) is 15.3. The van der Waals surface area contributed by atoms with Gasteiger partial charge in [0.1, 0.15) is 17.6 Å². The average molecular weight is 447 g/mol. The zero-order valence-electron chi connectivity index (χ0n) is 19.0. The Balaban J connectivity index is 1.91. The number of nitrogens with zero attached hydrogens (tertiary/aromatic N) is 3. The Bertz CT molecular complexity index is 1480. The van der Waals surface area contributed by atoms with Gasteiger partial charge in [-0.3, -0.25) is 13.9 Å². The number of benzene rings is 2. The number of fused-ring (bicyclic) bond motifs is 3. The van der Waals surface area contributed by atoms with Crippen LogP contribution < -0.4 is 20.7 Å². The quantitative estimate of drug-likeness (QED) is 0.481. The van der Waals surface area contributed by atoms with E-state index in [4.69, 9.17) is 14.2 Å². The standard InChI is InChI=1S/C25H25N3O5/c1-26-21-19(24(29)27(2)25(26)30)20(15-8-6-5-7-9-15)28-12-13-33-23(22(21)28)17-11-10-16(31-3)14-18(17)32-4/h5-11,14,23H,12-13H2,1-4H3/t23-/m1/s1. The summed E-state index contributed by atoms with van der Waals surface area (Å²) in [4.78, 5) is 26.3. The molecule has 0 bridgehead atoms. The maximum absolute atomic E-state index is 13.4. The van der Waals surface area contributed by atoms with Gasteiger partial charge in [-0.05, 0) is 17.7 Å². The fraction of sp³-hybridized carbons (Fsp3) is 0.280. The van der Waals surface area contributed by atoms with Crippen LogP contribution in [-0.4, -0.2) is 34.5 Å². The molecule has 1 aliphatic heterocycles. The molecule has 2 aromatic heterocycles. The van der Waals surface area contributed by atoms with Crippen LogP contribution in [0.5, 0.6) is 11.5 Å². The molecule has 0 unspecified atom stereocenters. The lowest BCUT2D eigenvalue weighted by Crippen LogP contribution is -2.37. The van der Waals surface area contributed by atoms with E-state index in [1.54, 1.807) is 27.3 Å². The third-order valence-corrected chi connectivity index (χ3v) is 6.32. The molecule has 0 spiro atoms. The zero-order chi connectivity index (χ0) is 23.3. The highest BCUT2D eigenvalue weighted by atomic mass is 16.5. The minimum Gasteiger partial charge on any atom is -0.497 e. The summed E-state index contributed by atoms with van der Waals surface area (Å²) in [5.41, 5.74) is 3.12. The van der Waals surface area contributed by atoms with Crippen LogP contribution in [0.4, 0.5) is 0 Å². The minimum absolute atomic E-state index is 0.325. The van der Waals surface area contributed by atoms with Gasteiger partial charge in [0, 0.05) is 32.3 Å². The Kier molecular flexibility index (Phi) is 5.09. The highest BCUT2D eigenvalue weighted by Crippen LogP contribution is 2.43. The van der Waals surface area contributed by atoms with Crippen molar-refractivity contribution >= 4 is 10.9 Å². The van der Waals surface area contributed by atoms with Crippen LogP contribution >= 0.6 is 0 Å². The van der Waals surface area contributed by atoms with Gasteiger partial charge in [-0.2, -0.15) is 0 Å². The zero-order valence-corrected chi connectivity index (χ0v) is 19.0. The molecule has 0 amide bonds. The van der Waals surface area contributed by atoms with Crippen LogP contribution in [0, 0.1) is 0 Å². The Hall–Kier alpha value is -3.78. The lowest BCUT2D eigenvalue weighted by atomic mass is 10.0. The molecule has 0 N–H and O–H groups in total. The molecule has 8 heteroatoms. The molecule has 0 saturated heterocycles. The second-order valence-corrected chi connectivity index (χ2v) is 8.04. The van der Waals surface area contributed by atoms with Gasteiger partial charge in [-0.15, -0.1) is 0 Å². The van der Waals surface area contributed by atoms with E-state index in [0.717, 1.165) is 27.1 Å². The number of hydrogen-bond acceptors (Lipinski definition) is 5. The smallest absolute Gasteiger partial charge is 0.331 e. The third-order valence-electron chi connectivity index (χ3n) is 6.32. The number of methoxy groups -OCH3 is 2. The van der Waals surface area contributed by atoms with E-state index in [-0.39, 0.29) is 11.2 Å². The molecule has 1 atom stereocenters. The van der Waals surface area contributed by atoms with E-state index >= 15 is 0 Å². The van der Waals surface area contributed by atoms with Crippen LogP contribution in [0.15, 0.2) is 58.1 Å². The number of aryl methyl sites for hydroxylation is 1. The van der Waals surface area contributed by atoms with Crippen molar-refractivity contribution in [3.8, 4) is 22.8 Å². The largest absolute Gasteiger partial charge is 0.497 e. The third kappa shape index (κ3) is 3.09. The van der Waals surface area contributed by atoms with E-state index in [9.17, 15) is 9.59 Å². The molecule has 0 saturated carbocycles. The highest BCUT2D eigenvalue weighted by Gasteiger charge is 2.34. The molecule has 0 fully saturated rings. The van der Waals surface area contributed by atoms with Gasteiger partial charge in [0.15, 0.2) is 0 Å². The summed E-state index contributed by atoms with van der Waals surface area (Å²) < 4.78 is 22.1. The van der Waals surface area contributed by atoms with Crippen molar-refractivity contribution in [1.82, 2.24) is 13.7 Å². The second kappa shape index (κ2) is 7.97. The topological polar surface area (TPSA) is 76.6 Å². The van der Waals surface area contributed by atoms with Gasteiger partial charge in [-0.1, -0.05) is 30.3 Å². The summed E-state index contributed by atoms with van der Waals surface area (Å²) >= 11 is 0. The summed E-state index contributed by atoms with van der Waals surface area (Å²) in [5, 5.41) is 0.503. The van der Waals surface area contributed by atoms with Crippen LogP contribution in [0.3, 0.4) is 0 Å². The van der Waals surface area contributed by atoms with Gasteiger partial charge in [0.05, 0.1) is 43.1 Å². The van der Waals surface area contributed by atoms with Crippen molar-refractivity contribution in [3.05, 3.63) is 80.6 Å². The van der Waals surface area contributed by atoms with Crippen molar-refractivity contribution in [2.45, 2.75) is 12.6 Å². The molecule has 0 aliphatic carbocycles. The van der Waals surface area contributed by atoms with Crippen molar-refractivity contribution in [2.75, 3.05) is 20.8 Å². The number of aromatic nitrogens is 3. The Morgan fingerprint density at radius 1 is 0.970 bits per heavy atom. The maximum atomic E-state index is 13.4. The first-order chi connectivity index (χ1) is 16.0. The first-order valence-corrected chi connectivity index (χ1v) is 10.7. The predicted octanol–water partition coefficient (Wildman–Crippen LogP) is 2.84. The SMILES string of the molecule is COc1ccc([C@H]2OCCn3c(-c4ccccc4)c4c(=O)n(C)c(=O)n(C)c4c32)c(OC)c1. The fourth-order valence-electron chi connectivity index (χ4n) is 4.75. The molecule has 33 heavy (non-hydrogen) atoms. The van der Waals surface area contributed by atoms with Crippen LogP contribution in [0.25, 0.3) is 22.2 Å². The normalized spacial score (nSPS) is 15.5. The summed E-state index contributed by atoms with van der Waals surface area (Å²) in [5.74, 6) is 1.27. The van der Waals surface area contributed by atoms with Gasteiger partial charge in [0.25, 0.3) is 5.56 Å². The van der Waals surface area contributed by atoms with E-state index in [0.29, 0.717) is 35.6 Å². The van der Waals surface area contributed by atoms with Crippen LogP contribution in [-0.2, 0) is 25.4 Å². The van der Waals surface area contributed by atoms with Crippen molar-refractivity contribution in [2.24, 2.45) is 14.1 Å². The molecule has 5 rings (SSSR count). The van der Waals surface area contributed by atoms with Gasteiger partial charge < -0.3 is 18.8 Å². The maximum Gasteiger partial charge on any atom is 0.331 e. The number of ether oxygens (including phenoxy) is 3. The number of rotatable bonds is 4. The molecule has 2 aromatic carbocycles. The predicted molar refractivity (Wildman–Crippen MR) is 125 cm³/mol. The molecule has 8 nitrogen and oxygen atoms in total. The Labute approximate surface area is 190 Å². The summed E-state index contributed by atoms with van der Waals surface area (Å²) in [7, 11) is 6.40. The highest BCUT2D eigenvalue weighted by molar-refractivity contribution is 5.96. The lowest BCUT2D eigenvalue weighted by molar-refractivity contribution is 0.0463. The van der Waals surface area contributed by atoms with Crippen LogP contribution in [0.2, 0.25) is 0 Å². The van der Waals surface area contributed by atoms with Gasteiger partial charge in [-0.25, -0.2) is 4.79 Å². The summed E-state index contributed by atoms with van der Waals surface area (Å²) in [6.07, 6.45) is -0.530. The number of hydrogen-bond donors (Lipinski definition) is 0. The minimum atomic E-state index is -0.530. The molecule has 170 valence electrons. The monoisotopic (exact) mass is 447 g/mol. The first kappa shape index (κ1) is 21.1. The van der Waals surface area contributed by atoms with E-state index < -0.39 is 6.10 Å². The molecule has 1 aliphatic rings. The van der Waals surface area contributed by atoms with Crippen LogP contribution in [0.1, 0.15) is 17.4 Å². The molecular weight excluding hydrogens is 422 g/mol. The van der Waals surface area contributed by atoms with E-state index in [1.165, 1.54) is 11.6 Å². The van der Waals surface area contributed by atoms with E-state index in [1.807, 2.05) is 42.5 Å². The Morgan fingerprint density at radius 2 is 1.73 bits per heavy atom. The van der Waals surface area contributed by atoms with Crippen molar-refractivity contribution in [3.63, 3.8) is 0 Å². The molecule has 4 aromatic rings. The van der Waals surface area contributed by atoms with E-state index in [2.05, 4.69) is 4.57 Å². The average Bonchev–Trinajstić information content (AvgIpc) is 3.22. The fourth-order valence-corrected chi connectivity index (χ4v) is 4.75. The second-order valence-electron chi connectivity index (χ2n) is 8.04. The summed E-state index contributed by atoms with van der Waals surface area (Å²) in [6.45, 7) is 1.00. The lowest BCUT2D eigenvalue weighted by Gasteiger charge is -2.28. The van der Waals surface area contributed by atoms with Gasteiger partial charge in [0.2, 0.25) is 0 Å².